The molecule has 0 aromatic rings. The first-order valence-corrected chi connectivity index (χ1v) is 7.69. The van der Waals surface area contributed by atoms with Gasteiger partial charge in [-0.2, -0.15) is 4.31 Å². The van der Waals surface area contributed by atoms with Crippen molar-refractivity contribution in [3.63, 3.8) is 0 Å². The zero-order valence-corrected chi connectivity index (χ0v) is 9.35. The minimum Gasteiger partial charge on any atom is -0.329 e. The summed E-state index contributed by atoms with van der Waals surface area (Å²) in [5.74, 6) is -0.291. The molecule has 0 atom stereocenters. The van der Waals surface area contributed by atoms with Gasteiger partial charge in [-0.05, 0) is 0 Å². The Labute approximate surface area is 84.0 Å². The normalized spacial score (nSPS) is 23.5. The fourth-order valence-electron chi connectivity index (χ4n) is 1.25. The van der Waals surface area contributed by atoms with E-state index in [2.05, 4.69) is 0 Å². The molecule has 8 heteroatoms. The second-order valence-corrected chi connectivity index (χ2v) is 7.55. The fraction of sp³-hybridized carbons (Fsp3) is 1.00. The van der Waals surface area contributed by atoms with Gasteiger partial charge in [0.1, 0.15) is 0 Å². The van der Waals surface area contributed by atoms with E-state index in [1.54, 1.807) is 0 Å². The summed E-state index contributed by atoms with van der Waals surface area (Å²) in [6.07, 6.45) is 0. The SMILES string of the molecule is NCCS(=O)(=O)N1CCS(=O)(=O)CC1. The van der Waals surface area contributed by atoms with Gasteiger partial charge in [-0.1, -0.05) is 0 Å². The molecule has 2 N–H and O–H groups in total. The first-order valence-electron chi connectivity index (χ1n) is 4.26. The van der Waals surface area contributed by atoms with E-state index in [1.807, 2.05) is 0 Å². The highest BCUT2D eigenvalue weighted by Crippen LogP contribution is 2.08. The molecule has 1 heterocycles. The molecule has 0 unspecified atom stereocenters. The van der Waals surface area contributed by atoms with Gasteiger partial charge < -0.3 is 5.73 Å². The third-order valence-electron chi connectivity index (χ3n) is 2.07. The van der Waals surface area contributed by atoms with Gasteiger partial charge in [0.15, 0.2) is 9.84 Å². The third-order valence-corrected chi connectivity index (χ3v) is 5.59. The van der Waals surface area contributed by atoms with Crippen molar-refractivity contribution in [2.24, 2.45) is 5.73 Å². The van der Waals surface area contributed by atoms with Crippen LogP contribution in [0.4, 0.5) is 0 Å². The van der Waals surface area contributed by atoms with E-state index in [-0.39, 0.29) is 36.9 Å². The average Bonchev–Trinajstić information content (AvgIpc) is 2.03. The van der Waals surface area contributed by atoms with E-state index in [4.69, 9.17) is 5.73 Å². The minimum absolute atomic E-state index is 0.0602. The molecule has 1 aliphatic rings. The highest BCUT2D eigenvalue weighted by molar-refractivity contribution is 7.92. The number of hydrogen-bond donors (Lipinski definition) is 1. The summed E-state index contributed by atoms with van der Waals surface area (Å²) in [5, 5.41) is 0. The second kappa shape index (κ2) is 4.13. The van der Waals surface area contributed by atoms with E-state index in [0.29, 0.717) is 0 Å². The van der Waals surface area contributed by atoms with Gasteiger partial charge in [0, 0.05) is 19.6 Å². The minimum atomic E-state index is -3.34. The largest absolute Gasteiger partial charge is 0.329 e. The maximum Gasteiger partial charge on any atom is 0.215 e. The first-order chi connectivity index (χ1) is 6.37. The number of sulfone groups is 1. The predicted octanol–water partition coefficient (Wildman–Crippen LogP) is -1.99. The van der Waals surface area contributed by atoms with Crippen molar-refractivity contribution >= 4 is 19.9 Å². The van der Waals surface area contributed by atoms with Crippen LogP contribution in [0.25, 0.3) is 0 Å². The van der Waals surface area contributed by atoms with Crippen molar-refractivity contribution in [1.29, 1.82) is 0 Å². The Morgan fingerprint density at radius 3 is 2.14 bits per heavy atom. The Morgan fingerprint density at radius 1 is 1.21 bits per heavy atom. The molecule has 0 aromatic carbocycles. The van der Waals surface area contributed by atoms with Crippen molar-refractivity contribution in [1.82, 2.24) is 4.31 Å². The predicted molar refractivity (Wildman–Crippen MR) is 53.1 cm³/mol. The number of sulfonamides is 1. The lowest BCUT2D eigenvalue weighted by Gasteiger charge is -2.25. The van der Waals surface area contributed by atoms with E-state index >= 15 is 0 Å². The quantitative estimate of drug-likeness (QED) is 0.617. The molecule has 14 heavy (non-hydrogen) atoms. The molecular formula is C6H14N2O4S2. The monoisotopic (exact) mass is 242 g/mol. The van der Waals surface area contributed by atoms with E-state index in [0.717, 1.165) is 0 Å². The molecule has 0 aliphatic carbocycles. The number of nitrogens with two attached hydrogens (primary N) is 1. The summed E-state index contributed by atoms with van der Waals surface area (Å²) in [5.41, 5.74) is 5.15. The molecule has 0 bridgehead atoms. The van der Waals surface area contributed by atoms with Gasteiger partial charge in [0.25, 0.3) is 0 Å². The van der Waals surface area contributed by atoms with Crippen LogP contribution in [-0.4, -0.2) is 58.0 Å². The number of rotatable bonds is 3. The van der Waals surface area contributed by atoms with Crippen LogP contribution in [0.15, 0.2) is 0 Å². The van der Waals surface area contributed by atoms with Crippen molar-refractivity contribution < 1.29 is 16.8 Å². The summed E-state index contributed by atoms with van der Waals surface area (Å²) in [6.45, 7) is 0.181. The van der Waals surface area contributed by atoms with Gasteiger partial charge in [-0.15, -0.1) is 0 Å². The van der Waals surface area contributed by atoms with Crippen molar-refractivity contribution in [2.45, 2.75) is 0 Å². The van der Waals surface area contributed by atoms with E-state index in [9.17, 15) is 16.8 Å². The third kappa shape index (κ3) is 2.91. The molecule has 1 rings (SSSR count). The van der Waals surface area contributed by atoms with Gasteiger partial charge in [0.05, 0.1) is 17.3 Å². The maximum absolute atomic E-state index is 11.4. The van der Waals surface area contributed by atoms with Gasteiger partial charge >= 0.3 is 0 Å². The Bertz CT molecular complexity index is 372. The van der Waals surface area contributed by atoms with Crippen molar-refractivity contribution in [2.75, 3.05) is 36.9 Å². The Morgan fingerprint density at radius 2 is 1.71 bits per heavy atom. The van der Waals surface area contributed by atoms with Gasteiger partial charge in [-0.25, -0.2) is 16.8 Å². The van der Waals surface area contributed by atoms with Crippen molar-refractivity contribution in [3.8, 4) is 0 Å². The fourth-order valence-corrected chi connectivity index (χ4v) is 3.98. The van der Waals surface area contributed by atoms with E-state index < -0.39 is 19.9 Å². The molecule has 0 amide bonds. The van der Waals surface area contributed by atoms with Crippen LogP contribution >= 0.6 is 0 Å². The van der Waals surface area contributed by atoms with Crippen LogP contribution in [-0.2, 0) is 19.9 Å². The van der Waals surface area contributed by atoms with Crippen LogP contribution in [0, 0.1) is 0 Å². The molecule has 0 spiro atoms. The van der Waals surface area contributed by atoms with Crippen LogP contribution in [0.5, 0.6) is 0 Å². The lowest BCUT2D eigenvalue weighted by atomic mass is 10.6. The molecule has 1 aliphatic heterocycles. The van der Waals surface area contributed by atoms with Crippen molar-refractivity contribution in [3.05, 3.63) is 0 Å². The second-order valence-electron chi connectivity index (χ2n) is 3.16. The Hall–Kier alpha value is -0.180. The molecule has 6 nitrogen and oxygen atoms in total. The summed E-state index contributed by atoms with van der Waals surface area (Å²) < 4.78 is 46.2. The molecule has 1 saturated heterocycles. The Balaban J connectivity index is 2.67. The molecule has 1 fully saturated rings. The Kier molecular flexibility index (Phi) is 3.51. The smallest absolute Gasteiger partial charge is 0.215 e. The van der Waals surface area contributed by atoms with Crippen LogP contribution in [0.1, 0.15) is 0 Å². The topological polar surface area (TPSA) is 97.5 Å². The van der Waals surface area contributed by atoms with Crippen LogP contribution < -0.4 is 5.73 Å². The summed E-state index contributed by atoms with van der Waals surface area (Å²) in [7, 11) is -6.37. The standard InChI is InChI=1S/C6H14N2O4S2/c7-1-4-14(11,12)8-2-5-13(9,10)6-3-8/h1-7H2. The molecular weight excluding hydrogens is 228 g/mol. The van der Waals surface area contributed by atoms with Gasteiger partial charge in [0.2, 0.25) is 10.0 Å². The number of nitrogens with zero attached hydrogens (tertiary/aromatic N) is 1. The summed E-state index contributed by atoms with van der Waals surface area (Å²) >= 11 is 0. The number of hydrogen-bond acceptors (Lipinski definition) is 5. The van der Waals surface area contributed by atoms with Crippen LogP contribution in [0.3, 0.4) is 0 Å². The first kappa shape index (κ1) is 11.9. The summed E-state index contributed by atoms with van der Waals surface area (Å²) in [6, 6.07) is 0. The molecule has 0 radical (unpaired) electrons. The zero-order valence-electron chi connectivity index (χ0n) is 7.72. The maximum atomic E-state index is 11.4. The average molecular weight is 242 g/mol. The van der Waals surface area contributed by atoms with Crippen LogP contribution in [0.2, 0.25) is 0 Å². The van der Waals surface area contributed by atoms with Gasteiger partial charge in [-0.3, -0.25) is 0 Å². The molecule has 0 saturated carbocycles. The zero-order chi connectivity index (χ0) is 10.8. The molecule has 0 aromatic heterocycles. The van der Waals surface area contributed by atoms with E-state index in [1.165, 1.54) is 4.31 Å². The summed E-state index contributed by atoms with van der Waals surface area (Å²) in [4.78, 5) is 0. The highest BCUT2D eigenvalue weighted by atomic mass is 32.2. The highest BCUT2D eigenvalue weighted by Gasteiger charge is 2.29. The lowest BCUT2D eigenvalue weighted by Crippen LogP contribution is -2.45. The molecule has 84 valence electrons. The lowest BCUT2D eigenvalue weighted by molar-refractivity contribution is 0.431.